The normalized spacial score (nSPS) is 20.1. The third-order valence-corrected chi connectivity index (χ3v) is 2.84. The Morgan fingerprint density at radius 1 is 1.29 bits per heavy atom. The van der Waals surface area contributed by atoms with E-state index in [1.807, 2.05) is 0 Å². The topological polar surface area (TPSA) is 63.6 Å². The lowest BCUT2D eigenvalue weighted by Crippen LogP contribution is -2.33. The second-order valence-electron chi connectivity index (χ2n) is 3.74. The lowest BCUT2D eigenvalue weighted by Gasteiger charge is -2.25. The van der Waals surface area contributed by atoms with Gasteiger partial charge < -0.3 is 9.84 Å². The van der Waals surface area contributed by atoms with Crippen LogP contribution in [0.4, 0.5) is 0 Å². The first-order valence-electron chi connectivity index (χ1n) is 4.97. The minimum absolute atomic E-state index is 0.0336. The van der Waals surface area contributed by atoms with E-state index in [0.717, 1.165) is 32.1 Å². The van der Waals surface area contributed by atoms with Crippen LogP contribution < -0.4 is 0 Å². The van der Waals surface area contributed by atoms with E-state index in [-0.39, 0.29) is 5.92 Å². The van der Waals surface area contributed by atoms with Crippen LogP contribution >= 0.6 is 0 Å². The van der Waals surface area contributed by atoms with Crippen molar-refractivity contribution in [3.8, 4) is 0 Å². The van der Waals surface area contributed by atoms with Crippen molar-refractivity contribution in [3.05, 3.63) is 0 Å². The van der Waals surface area contributed by atoms with Gasteiger partial charge >= 0.3 is 11.9 Å². The summed E-state index contributed by atoms with van der Waals surface area (Å²) in [6.07, 6.45) is 4.83. The minimum atomic E-state index is -1.05. The van der Waals surface area contributed by atoms with Gasteiger partial charge in [0.15, 0.2) is 5.92 Å². The molecule has 0 radical (unpaired) electrons. The van der Waals surface area contributed by atoms with Gasteiger partial charge in [0, 0.05) is 0 Å². The highest BCUT2D eigenvalue weighted by Crippen LogP contribution is 2.30. The molecule has 0 aromatic heterocycles. The average molecular weight is 200 g/mol. The third-order valence-electron chi connectivity index (χ3n) is 2.84. The molecule has 0 spiro atoms. The van der Waals surface area contributed by atoms with Crippen molar-refractivity contribution in [1.82, 2.24) is 0 Å². The number of carbonyl (C=O) groups excluding carboxylic acids is 1. The van der Waals surface area contributed by atoms with E-state index in [9.17, 15) is 9.59 Å². The molecule has 1 rings (SSSR count). The van der Waals surface area contributed by atoms with Crippen molar-refractivity contribution in [3.63, 3.8) is 0 Å². The van der Waals surface area contributed by atoms with E-state index in [2.05, 4.69) is 4.74 Å². The molecular weight excluding hydrogens is 184 g/mol. The molecule has 0 aliphatic heterocycles. The van der Waals surface area contributed by atoms with Crippen LogP contribution in [0.25, 0.3) is 0 Å². The van der Waals surface area contributed by atoms with E-state index in [1.165, 1.54) is 7.11 Å². The Bertz CT molecular complexity index is 218. The highest BCUT2D eigenvalue weighted by molar-refractivity contribution is 5.94. The van der Waals surface area contributed by atoms with Crippen LogP contribution in [0.3, 0.4) is 0 Å². The fraction of sp³-hybridized carbons (Fsp3) is 0.800. The zero-order chi connectivity index (χ0) is 10.6. The maximum Gasteiger partial charge on any atom is 0.320 e. The number of carboxylic acids is 1. The minimum Gasteiger partial charge on any atom is -0.481 e. The van der Waals surface area contributed by atoms with Crippen molar-refractivity contribution in [2.45, 2.75) is 32.1 Å². The van der Waals surface area contributed by atoms with E-state index in [0.29, 0.717) is 0 Å². The number of aliphatic carboxylic acids is 1. The lowest BCUT2D eigenvalue weighted by molar-refractivity contribution is -0.160. The SMILES string of the molecule is COC(=O)C(C(=O)O)C1CCCCC1. The molecule has 1 fully saturated rings. The molecule has 4 nitrogen and oxygen atoms in total. The van der Waals surface area contributed by atoms with Gasteiger partial charge in [-0.25, -0.2) is 0 Å². The van der Waals surface area contributed by atoms with Gasteiger partial charge in [-0.05, 0) is 18.8 Å². The van der Waals surface area contributed by atoms with E-state index in [1.54, 1.807) is 0 Å². The van der Waals surface area contributed by atoms with E-state index >= 15 is 0 Å². The summed E-state index contributed by atoms with van der Waals surface area (Å²) in [6, 6.07) is 0. The van der Waals surface area contributed by atoms with Crippen LogP contribution in [-0.2, 0) is 14.3 Å². The molecule has 0 bridgehead atoms. The van der Waals surface area contributed by atoms with Gasteiger partial charge in [0.05, 0.1) is 7.11 Å². The Morgan fingerprint density at radius 3 is 2.29 bits per heavy atom. The smallest absolute Gasteiger partial charge is 0.320 e. The second-order valence-corrected chi connectivity index (χ2v) is 3.74. The van der Waals surface area contributed by atoms with Crippen LogP contribution in [0.1, 0.15) is 32.1 Å². The maximum absolute atomic E-state index is 11.2. The van der Waals surface area contributed by atoms with Crippen LogP contribution in [-0.4, -0.2) is 24.2 Å². The molecule has 0 heterocycles. The van der Waals surface area contributed by atoms with Crippen molar-refractivity contribution >= 4 is 11.9 Å². The standard InChI is InChI=1S/C10H16O4/c1-14-10(13)8(9(11)12)7-5-3-2-4-6-7/h7-8H,2-6H2,1H3,(H,11,12). The van der Waals surface area contributed by atoms with Crippen molar-refractivity contribution in [2.75, 3.05) is 7.11 Å². The summed E-state index contributed by atoms with van der Waals surface area (Å²) in [4.78, 5) is 22.1. The highest BCUT2D eigenvalue weighted by Gasteiger charge is 2.36. The zero-order valence-corrected chi connectivity index (χ0v) is 8.36. The fourth-order valence-electron chi connectivity index (χ4n) is 2.09. The zero-order valence-electron chi connectivity index (χ0n) is 8.36. The Morgan fingerprint density at radius 2 is 1.86 bits per heavy atom. The van der Waals surface area contributed by atoms with Gasteiger partial charge in [0.25, 0.3) is 0 Å². The molecule has 1 atom stereocenters. The number of hydrogen-bond donors (Lipinski definition) is 1. The first-order chi connectivity index (χ1) is 6.66. The summed E-state index contributed by atoms with van der Waals surface area (Å²) in [5.41, 5.74) is 0. The van der Waals surface area contributed by atoms with Gasteiger partial charge in [-0.1, -0.05) is 19.3 Å². The number of hydrogen-bond acceptors (Lipinski definition) is 3. The van der Waals surface area contributed by atoms with E-state index < -0.39 is 17.9 Å². The Kier molecular flexibility index (Phi) is 3.92. The summed E-state index contributed by atoms with van der Waals surface area (Å²) in [6.45, 7) is 0. The number of carbonyl (C=O) groups is 2. The lowest BCUT2D eigenvalue weighted by atomic mass is 9.80. The number of carboxylic acid groups (broad SMARTS) is 1. The van der Waals surface area contributed by atoms with Gasteiger partial charge in [-0.2, -0.15) is 0 Å². The third kappa shape index (κ3) is 2.47. The van der Waals surface area contributed by atoms with Gasteiger partial charge in [0.2, 0.25) is 0 Å². The highest BCUT2D eigenvalue weighted by atomic mass is 16.5. The monoisotopic (exact) mass is 200 g/mol. The van der Waals surface area contributed by atoms with Crippen molar-refractivity contribution < 1.29 is 19.4 Å². The quantitative estimate of drug-likeness (QED) is 0.553. The summed E-state index contributed by atoms with van der Waals surface area (Å²) in [5.74, 6) is -2.65. The molecule has 1 aliphatic rings. The molecule has 1 aliphatic carbocycles. The number of esters is 1. The molecule has 4 heteroatoms. The number of ether oxygens (including phenoxy) is 1. The van der Waals surface area contributed by atoms with E-state index in [4.69, 9.17) is 5.11 Å². The summed E-state index contributed by atoms with van der Waals surface area (Å²) in [7, 11) is 1.24. The van der Waals surface area contributed by atoms with Gasteiger partial charge in [-0.15, -0.1) is 0 Å². The molecule has 1 N–H and O–H groups in total. The summed E-state index contributed by atoms with van der Waals surface area (Å²) in [5, 5.41) is 8.93. The van der Waals surface area contributed by atoms with Crippen molar-refractivity contribution in [1.29, 1.82) is 0 Å². The largest absolute Gasteiger partial charge is 0.481 e. The first kappa shape index (κ1) is 11.0. The van der Waals surface area contributed by atoms with Crippen LogP contribution in [0, 0.1) is 11.8 Å². The van der Waals surface area contributed by atoms with Gasteiger partial charge in [-0.3, -0.25) is 9.59 Å². The second kappa shape index (κ2) is 4.98. The van der Waals surface area contributed by atoms with Crippen LogP contribution in [0.15, 0.2) is 0 Å². The Balaban J connectivity index is 2.65. The molecule has 0 aromatic carbocycles. The molecule has 80 valence electrons. The molecule has 1 unspecified atom stereocenters. The molecule has 0 aromatic rings. The van der Waals surface area contributed by atoms with Gasteiger partial charge in [0.1, 0.15) is 0 Å². The summed E-state index contributed by atoms with van der Waals surface area (Å²) >= 11 is 0. The fourth-order valence-corrected chi connectivity index (χ4v) is 2.09. The molecule has 0 saturated heterocycles. The Labute approximate surface area is 83.2 Å². The van der Waals surface area contributed by atoms with Crippen molar-refractivity contribution in [2.24, 2.45) is 11.8 Å². The first-order valence-corrected chi connectivity index (χ1v) is 4.97. The predicted octanol–water partition coefficient (Wildman–Crippen LogP) is 1.44. The molecule has 1 saturated carbocycles. The maximum atomic E-state index is 11.2. The molecule has 14 heavy (non-hydrogen) atoms. The number of methoxy groups -OCH3 is 1. The van der Waals surface area contributed by atoms with Crippen LogP contribution in [0.5, 0.6) is 0 Å². The predicted molar refractivity (Wildman–Crippen MR) is 49.7 cm³/mol. The number of rotatable bonds is 3. The Hall–Kier alpha value is -1.06. The molecular formula is C10H16O4. The average Bonchev–Trinajstić information content (AvgIpc) is 2.19. The summed E-state index contributed by atoms with van der Waals surface area (Å²) < 4.78 is 4.51. The van der Waals surface area contributed by atoms with Crippen LogP contribution in [0.2, 0.25) is 0 Å². The molecule has 0 amide bonds.